The highest BCUT2D eigenvalue weighted by molar-refractivity contribution is 7.92. The Morgan fingerprint density at radius 3 is 2.35 bits per heavy atom. The number of anilines is 1. The van der Waals surface area contributed by atoms with Crippen molar-refractivity contribution in [3.8, 4) is 0 Å². The average Bonchev–Trinajstić information content (AvgIpc) is 2.85. The van der Waals surface area contributed by atoms with E-state index in [1.54, 1.807) is 25.1 Å². The van der Waals surface area contributed by atoms with Crippen LogP contribution in [0.1, 0.15) is 51.0 Å². The summed E-state index contributed by atoms with van der Waals surface area (Å²) in [6, 6.07) is 9.37. The second kappa shape index (κ2) is 12.9. The fourth-order valence-electron chi connectivity index (χ4n) is 4.55. The number of rotatable bonds is 10. The first-order chi connectivity index (χ1) is 17.5. The van der Waals surface area contributed by atoms with Crippen LogP contribution in [0.3, 0.4) is 0 Å². The largest absolute Gasteiger partial charge is 0.352 e. The van der Waals surface area contributed by atoms with Crippen molar-refractivity contribution in [3.05, 3.63) is 63.9 Å². The van der Waals surface area contributed by atoms with Gasteiger partial charge in [-0.1, -0.05) is 67.6 Å². The molecule has 7 nitrogen and oxygen atoms in total. The number of benzene rings is 2. The van der Waals surface area contributed by atoms with Crippen LogP contribution in [0.2, 0.25) is 10.0 Å². The quantitative estimate of drug-likeness (QED) is 0.427. The molecule has 1 aliphatic rings. The van der Waals surface area contributed by atoms with Crippen molar-refractivity contribution in [1.82, 2.24) is 10.2 Å². The highest BCUT2D eigenvalue weighted by Crippen LogP contribution is 2.26. The summed E-state index contributed by atoms with van der Waals surface area (Å²) >= 11 is 12.2. The molecule has 1 atom stereocenters. The minimum atomic E-state index is -4.02. The molecule has 0 aromatic heterocycles. The van der Waals surface area contributed by atoms with Gasteiger partial charge in [-0.25, -0.2) is 12.8 Å². The minimum absolute atomic E-state index is 0.0127. The van der Waals surface area contributed by atoms with E-state index in [-0.39, 0.29) is 29.2 Å². The zero-order chi connectivity index (χ0) is 27.2. The van der Waals surface area contributed by atoms with E-state index in [1.807, 2.05) is 0 Å². The molecule has 0 saturated heterocycles. The van der Waals surface area contributed by atoms with E-state index in [0.29, 0.717) is 17.0 Å². The molecule has 202 valence electrons. The zero-order valence-corrected chi connectivity index (χ0v) is 23.3. The maximum Gasteiger partial charge on any atom is 0.244 e. The van der Waals surface area contributed by atoms with Crippen molar-refractivity contribution in [1.29, 1.82) is 0 Å². The Kier molecular flexibility index (Phi) is 10.2. The number of hydrogen-bond donors (Lipinski definition) is 1. The van der Waals surface area contributed by atoms with Gasteiger partial charge in [0.2, 0.25) is 21.8 Å². The molecule has 2 amide bonds. The smallest absolute Gasteiger partial charge is 0.244 e. The van der Waals surface area contributed by atoms with Gasteiger partial charge in [0, 0.05) is 12.6 Å². The Hall–Kier alpha value is -2.36. The van der Waals surface area contributed by atoms with Crippen LogP contribution in [0.5, 0.6) is 0 Å². The summed E-state index contributed by atoms with van der Waals surface area (Å²) < 4.78 is 40.5. The molecule has 1 saturated carbocycles. The number of halogens is 3. The molecule has 1 unspecified atom stereocenters. The van der Waals surface area contributed by atoms with Crippen molar-refractivity contribution in [2.24, 2.45) is 0 Å². The monoisotopic (exact) mass is 571 g/mol. The molecule has 0 heterocycles. The summed E-state index contributed by atoms with van der Waals surface area (Å²) in [4.78, 5) is 28.4. The van der Waals surface area contributed by atoms with E-state index in [4.69, 9.17) is 23.2 Å². The van der Waals surface area contributed by atoms with Crippen LogP contribution < -0.4 is 9.62 Å². The van der Waals surface area contributed by atoms with Crippen LogP contribution in [0.15, 0.2) is 42.5 Å². The summed E-state index contributed by atoms with van der Waals surface area (Å²) in [6.45, 7) is 1.10. The Labute approximate surface area is 228 Å². The summed E-state index contributed by atoms with van der Waals surface area (Å²) in [6.07, 6.45) is 6.13. The van der Waals surface area contributed by atoms with Gasteiger partial charge < -0.3 is 10.2 Å². The standard InChI is InChI=1S/C26H32Cl2FN3O4S/c1-3-23(26(34)30-19-9-5-4-6-10-19)31(16-18-13-14-20(27)21(28)15-18)25(33)17-32(37(2,35)36)24-12-8-7-11-22(24)29/h7-8,11-15,19,23H,3-6,9-10,16-17H2,1-2H3,(H,30,34). The van der Waals surface area contributed by atoms with Gasteiger partial charge in [-0.15, -0.1) is 0 Å². The molecule has 1 fully saturated rings. The third kappa shape index (κ3) is 7.82. The predicted octanol–water partition coefficient (Wildman–Crippen LogP) is 5.15. The van der Waals surface area contributed by atoms with Gasteiger partial charge in [0.1, 0.15) is 18.4 Å². The average molecular weight is 573 g/mol. The Morgan fingerprint density at radius 2 is 1.76 bits per heavy atom. The molecule has 2 aromatic carbocycles. The topological polar surface area (TPSA) is 86.8 Å². The first-order valence-corrected chi connectivity index (χ1v) is 14.9. The molecule has 0 aliphatic heterocycles. The molecule has 37 heavy (non-hydrogen) atoms. The molecule has 1 aliphatic carbocycles. The number of hydrogen-bond acceptors (Lipinski definition) is 4. The molecule has 11 heteroatoms. The molecular formula is C26H32Cl2FN3O4S. The normalized spacial score (nSPS) is 15.2. The zero-order valence-electron chi connectivity index (χ0n) is 20.9. The summed E-state index contributed by atoms with van der Waals surface area (Å²) in [5.74, 6) is -1.73. The van der Waals surface area contributed by atoms with Crippen molar-refractivity contribution in [2.75, 3.05) is 17.1 Å². The van der Waals surface area contributed by atoms with Gasteiger partial charge in [0.05, 0.1) is 22.0 Å². The van der Waals surface area contributed by atoms with E-state index in [9.17, 15) is 22.4 Å². The summed E-state index contributed by atoms with van der Waals surface area (Å²) in [7, 11) is -4.02. The summed E-state index contributed by atoms with van der Waals surface area (Å²) in [5, 5.41) is 3.69. The van der Waals surface area contributed by atoms with Crippen LogP contribution in [0, 0.1) is 5.82 Å². The molecule has 2 aromatic rings. The van der Waals surface area contributed by atoms with E-state index in [2.05, 4.69) is 5.32 Å². The SMILES string of the molecule is CCC(C(=O)NC1CCCCC1)N(Cc1ccc(Cl)c(Cl)c1)C(=O)CN(c1ccccc1F)S(C)(=O)=O. The fraction of sp³-hybridized carbons (Fsp3) is 0.462. The van der Waals surface area contributed by atoms with E-state index < -0.39 is 34.3 Å². The number of carbonyl (C=O) groups excluding carboxylic acids is 2. The van der Waals surface area contributed by atoms with E-state index in [1.165, 1.54) is 23.1 Å². The van der Waals surface area contributed by atoms with Gasteiger partial charge >= 0.3 is 0 Å². The highest BCUT2D eigenvalue weighted by atomic mass is 35.5. The first-order valence-electron chi connectivity index (χ1n) is 12.3. The Bertz CT molecular complexity index is 1220. The van der Waals surface area contributed by atoms with Crippen LogP contribution in [0.25, 0.3) is 0 Å². The number of carbonyl (C=O) groups is 2. The molecule has 3 rings (SSSR count). The van der Waals surface area contributed by atoms with Crippen LogP contribution >= 0.6 is 23.2 Å². The van der Waals surface area contributed by atoms with Crippen molar-refractivity contribution in [2.45, 2.75) is 64.1 Å². The third-order valence-electron chi connectivity index (χ3n) is 6.47. The highest BCUT2D eigenvalue weighted by Gasteiger charge is 2.33. The lowest BCUT2D eigenvalue weighted by molar-refractivity contribution is -0.140. The Morgan fingerprint density at radius 1 is 1.08 bits per heavy atom. The predicted molar refractivity (Wildman–Crippen MR) is 145 cm³/mol. The lowest BCUT2D eigenvalue weighted by atomic mass is 9.95. The second-order valence-electron chi connectivity index (χ2n) is 9.26. The molecule has 0 radical (unpaired) electrons. The van der Waals surface area contributed by atoms with Crippen molar-refractivity contribution in [3.63, 3.8) is 0 Å². The second-order valence-corrected chi connectivity index (χ2v) is 12.0. The van der Waals surface area contributed by atoms with Crippen LogP contribution in [0.4, 0.5) is 10.1 Å². The maximum atomic E-state index is 14.5. The van der Waals surface area contributed by atoms with E-state index >= 15 is 0 Å². The molecule has 1 N–H and O–H groups in total. The first kappa shape index (κ1) is 29.2. The van der Waals surface area contributed by atoms with Crippen molar-refractivity contribution >= 4 is 50.7 Å². The maximum absolute atomic E-state index is 14.5. The van der Waals surface area contributed by atoms with Crippen molar-refractivity contribution < 1.29 is 22.4 Å². The fourth-order valence-corrected chi connectivity index (χ4v) is 5.72. The minimum Gasteiger partial charge on any atom is -0.352 e. The third-order valence-corrected chi connectivity index (χ3v) is 8.34. The van der Waals surface area contributed by atoms with Crippen LogP contribution in [-0.2, 0) is 26.2 Å². The lowest BCUT2D eigenvalue weighted by Gasteiger charge is -2.34. The van der Waals surface area contributed by atoms with Gasteiger partial charge in [-0.2, -0.15) is 0 Å². The molecular weight excluding hydrogens is 540 g/mol. The number of sulfonamides is 1. The van der Waals surface area contributed by atoms with E-state index in [0.717, 1.165) is 48.7 Å². The number of nitrogens with one attached hydrogen (secondary N) is 1. The van der Waals surface area contributed by atoms with Gasteiger partial charge in [0.25, 0.3) is 0 Å². The van der Waals surface area contributed by atoms with Gasteiger partial charge in [0.15, 0.2) is 0 Å². The number of nitrogens with zero attached hydrogens (tertiary/aromatic N) is 2. The summed E-state index contributed by atoms with van der Waals surface area (Å²) in [5.41, 5.74) is 0.371. The Balaban J connectivity index is 1.94. The molecule has 0 spiro atoms. The molecule has 0 bridgehead atoms. The lowest BCUT2D eigenvalue weighted by Crippen LogP contribution is -2.54. The number of amides is 2. The van der Waals surface area contributed by atoms with Crippen LogP contribution in [-0.4, -0.2) is 50.0 Å². The number of para-hydroxylation sites is 1. The van der Waals surface area contributed by atoms with Gasteiger partial charge in [-0.3, -0.25) is 13.9 Å². The van der Waals surface area contributed by atoms with Gasteiger partial charge in [-0.05, 0) is 49.1 Å².